The van der Waals surface area contributed by atoms with E-state index in [0.717, 1.165) is 0 Å². The molecule has 1 rings (SSSR count). The van der Waals surface area contributed by atoms with Crippen LogP contribution in [0.4, 0.5) is 0 Å². The quantitative estimate of drug-likeness (QED) is 0.746. The first-order chi connectivity index (χ1) is 7.49. The Hall–Kier alpha value is -1.11. The Morgan fingerprint density at radius 3 is 2.38 bits per heavy atom. The third-order valence-corrected chi connectivity index (χ3v) is 3.34. The summed E-state index contributed by atoms with van der Waals surface area (Å²) in [6.07, 6.45) is 0.621. The van der Waals surface area contributed by atoms with E-state index < -0.39 is 0 Å². The maximum Gasteiger partial charge on any atom is 0.140 e. The molecular formula is C15H22O. The second kappa shape index (κ2) is 5.29. The molecule has 0 radical (unpaired) electrons. The van der Waals surface area contributed by atoms with Crippen LogP contribution in [0.2, 0.25) is 0 Å². The number of carbonyl (C=O) groups is 1. The molecule has 1 atom stereocenters. The van der Waals surface area contributed by atoms with Gasteiger partial charge in [-0.2, -0.15) is 0 Å². The van der Waals surface area contributed by atoms with Crippen LogP contribution >= 0.6 is 0 Å². The van der Waals surface area contributed by atoms with E-state index >= 15 is 0 Å². The average Bonchev–Trinajstić information content (AvgIpc) is 2.24. The zero-order chi connectivity index (χ0) is 12.3. The number of hydrogen-bond acceptors (Lipinski definition) is 1. The summed E-state index contributed by atoms with van der Waals surface area (Å²) < 4.78 is 0. The lowest BCUT2D eigenvalue weighted by molar-refractivity contribution is -0.121. The monoisotopic (exact) mass is 218 g/mol. The van der Waals surface area contributed by atoms with E-state index in [0.29, 0.717) is 18.1 Å². The second-order valence-electron chi connectivity index (χ2n) is 4.83. The Morgan fingerprint density at radius 1 is 1.25 bits per heavy atom. The molecule has 0 aliphatic heterocycles. The van der Waals surface area contributed by atoms with Crippen molar-refractivity contribution in [3.63, 3.8) is 0 Å². The van der Waals surface area contributed by atoms with E-state index in [1.165, 1.54) is 16.7 Å². The molecule has 88 valence electrons. The van der Waals surface area contributed by atoms with E-state index in [4.69, 9.17) is 0 Å². The molecule has 0 spiro atoms. The van der Waals surface area contributed by atoms with Gasteiger partial charge in [-0.3, -0.25) is 4.79 Å². The van der Waals surface area contributed by atoms with Gasteiger partial charge in [0.15, 0.2) is 0 Å². The van der Waals surface area contributed by atoms with Gasteiger partial charge in [-0.05, 0) is 36.5 Å². The predicted octanol–water partition coefficient (Wildman–Crippen LogP) is 4.02. The lowest BCUT2D eigenvalue weighted by Crippen LogP contribution is -2.18. The smallest absolute Gasteiger partial charge is 0.140 e. The summed E-state index contributed by atoms with van der Waals surface area (Å²) in [5, 5.41) is 0. The van der Waals surface area contributed by atoms with Crippen LogP contribution in [0.25, 0.3) is 0 Å². The minimum absolute atomic E-state index is 0.0601. The Morgan fingerprint density at radius 2 is 1.88 bits per heavy atom. The molecule has 0 aromatic heterocycles. The molecule has 0 N–H and O–H groups in total. The molecule has 0 heterocycles. The van der Waals surface area contributed by atoms with Crippen molar-refractivity contribution in [3.05, 3.63) is 34.9 Å². The SMILES string of the molecule is CCC(=O)C(c1cccc(C)c1C)C(C)C. The van der Waals surface area contributed by atoms with Crippen LogP contribution in [-0.2, 0) is 4.79 Å². The highest BCUT2D eigenvalue weighted by Gasteiger charge is 2.24. The number of ketones is 1. The number of carbonyl (C=O) groups excluding carboxylic acids is 1. The van der Waals surface area contributed by atoms with E-state index in [2.05, 4.69) is 45.9 Å². The van der Waals surface area contributed by atoms with Crippen molar-refractivity contribution in [1.82, 2.24) is 0 Å². The number of rotatable bonds is 4. The molecule has 1 aromatic rings. The normalized spacial score (nSPS) is 12.9. The Balaban J connectivity index is 3.21. The minimum atomic E-state index is 0.0601. The molecule has 1 aromatic carbocycles. The van der Waals surface area contributed by atoms with Crippen LogP contribution in [-0.4, -0.2) is 5.78 Å². The van der Waals surface area contributed by atoms with Crippen molar-refractivity contribution < 1.29 is 4.79 Å². The Labute approximate surface area is 98.9 Å². The van der Waals surface area contributed by atoms with E-state index in [-0.39, 0.29) is 5.92 Å². The molecule has 0 fully saturated rings. The summed E-state index contributed by atoms with van der Waals surface area (Å²) in [5.41, 5.74) is 3.75. The molecule has 0 saturated heterocycles. The van der Waals surface area contributed by atoms with Gasteiger partial charge >= 0.3 is 0 Å². The van der Waals surface area contributed by atoms with Gasteiger partial charge in [0.25, 0.3) is 0 Å². The zero-order valence-electron chi connectivity index (χ0n) is 11.0. The Bertz CT molecular complexity index is 377. The van der Waals surface area contributed by atoms with Crippen molar-refractivity contribution in [3.8, 4) is 0 Å². The third-order valence-electron chi connectivity index (χ3n) is 3.34. The first-order valence-corrected chi connectivity index (χ1v) is 6.07. The molecule has 0 amide bonds. The average molecular weight is 218 g/mol. The largest absolute Gasteiger partial charge is 0.299 e. The number of aryl methyl sites for hydroxylation is 1. The molecule has 16 heavy (non-hydrogen) atoms. The summed E-state index contributed by atoms with van der Waals surface area (Å²) in [5.74, 6) is 0.779. The summed E-state index contributed by atoms with van der Waals surface area (Å²) in [7, 11) is 0. The maximum absolute atomic E-state index is 12.0. The maximum atomic E-state index is 12.0. The van der Waals surface area contributed by atoms with Crippen LogP contribution < -0.4 is 0 Å². The fourth-order valence-corrected chi connectivity index (χ4v) is 2.23. The van der Waals surface area contributed by atoms with Crippen LogP contribution in [0.3, 0.4) is 0 Å². The lowest BCUT2D eigenvalue weighted by Gasteiger charge is -2.22. The number of Topliss-reactive ketones (excluding diaryl/α,β-unsaturated/α-hetero) is 1. The summed E-state index contributed by atoms with van der Waals surface area (Å²) in [4.78, 5) is 12.0. The second-order valence-corrected chi connectivity index (χ2v) is 4.83. The van der Waals surface area contributed by atoms with E-state index in [1.807, 2.05) is 6.92 Å². The van der Waals surface area contributed by atoms with Crippen molar-refractivity contribution in [2.24, 2.45) is 5.92 Å². The summed E-state index contributed by atoms with van der Waals surface area (Å²) in [6.45, 7) is 10.4. The standard InChI is InChI=1S/C15H22O/c1-6-14(16)15(10(2)3)13-9-7-8-11(4)12(13)5/h7-10,15H,6H2,1-5H3. The van der Waals surface area contributed by atoms with Gasteiger partial charge in [-0.15, -0.1) is 0 Å². The van der Waals surface area contributed by atoms with Gasteiger partial charge in [0.1, 0.15) is 5.78 Å². The van der Waals surface area contributed by atoms with Gasteiger partial charge in [0.2, 0.25) is 0 Å². The third kappa shape index (κ3) is 2.52. The highest BCUT2D eigenvalue weighted by Crippen LogP contribution is 2.30. The van der Waals surface area contributed by atoms with Gasteiger partial charge in [-0.25, -0.2) is 0 Å². The van der Waals surface area contributed by atoms with Crippen molar-refractivity contribution in [2.75, 3.05) is 0 Å². The fraction of sp³-hybridized carbons (Fsp3) is 0.533. The molecule has 0 aliphatic carbocycles. The van der Waals surface area contributed by atoms with Gasteiger partial charge in [0, 0.05) is 12.3 Å². The molecule has 0 saturated carbocycles. The highest BCUT2D eigenvalue weighted by molar-refractivity contribution is 5.86. The Kier molecular flexibility index (Phi) is 4.28. The van der Waals surface area contributed by atoms with Gasteiger partial charge in [0.05, 0.1) is 0 Å². The lowest BCUT2D eigenvalue weighted by atomic mass is 9.81. The topological polar surface area (TPSA) is 17.1 Å². The summed E-state index contributed by atoms with van der Waals surface area (Å²) >= 11 is 0. The first kappa shape index (κ1) is 13.0. The van der Waals surface area contributed by atoms with Crippen LogP contribution in [0.1, 0.15) is 49.8 Å². The van der Waals surface area contributed by atoms with Crippen molar-refractivity contribution in [2.45, 2.75) is 47.0 Å². The van der Waals surface area contributed by atoms with Crippen LogP contribution in [0.15, 0.2) is 18.2 Å². The highest BCUT2D eigenvalue weighted by atomic mass is 16.1. The van der Waals surface area contributed by atoms with Crippen molar-refractivity contribution >= 4 is 5.78 Å². The van der Waals surface area contributed by atoms with Gasteiger partial charge < -0.3 is 0 Å². The van der Waals surface area contributed by atoms with Crippen LogP contribution in [0.5, 0.6) is 0 Å². The predicted molar refractivity (Wildman–Crippen MR) is 68.8 cm³/mol. The molecule has 1 unspecified atom stereocenters. The first-order valence-electron chi connectivity index (χ1n) is 6.07. The van der Waals surface area contributed by atoms with Gasteiger partial charge in [-0.1, -0.05) is 39.0 Å². The zero-order valence-corrected chi connectivity index (χ0v) is 11.0. The molecular weight excluding hydrogens is 196 g/mol. The summed E-state index contributed by atoms with van der Waals surface area (Å²) in [6, 6.07) is 6.25. The molecule has 1 nitrogen and oxygen atoms in total. The van der Waals surface area contributed by atoms with Crippen molar-refractivity contribution in [1.29, 1.82) is 0 Å². The molecule has 0 aliphatic rings. The minimum Gasteiger partial charge on any atom is -0.299 e. The van der Waals surface area contributed by atoms with E-state index in [1.54, 1.807) is 0 Å². The van der Waals surface area contributed by atoms with E-state index in [9.17, 15) is 4.79 Å². The molecule has 0 bridgehead atoms. The number of hydrogen-bond donors (Lipinski definition) is 0. The number of benzene rings is 1. The molecule has 1 heteroatoms. The fourth-order valence-electron chi connectivity index (χ4n) is 2.23. The van der Waals surface area contributed by atoms with Crippen LogP contribution in [0, 0.1) is 19.8 Å².